The van der Waals surface area contributed by atoms with Crippen LogP contribution < -0.4 is 0 Å². The van der Waals surface area contributed by atoms with E-state index in [9.17, 15) is 9.59 Å². The van der Waals surface area contributed by atoms with Crippen LogP contribution in [0.1, 0.15) is 30.3 Å². The zero-order valence-corrected chi connectivity index (χ0v) is 18.1. The molecule has 31 heavy (non-hydrogen) atoms. The molecule has 7 heteroatoms. The largest absolute Gasteiger partial charge is 0.466 e. The Morgan fingerprint density at radius 1 is 1.13 bits per heavy atom. The van der Waals surface area contributed by atoms with E-state index in [1.807, 2.05) is 48.5 Å². The average molecular weight is 438 g/mol. The van der Waals surface area contributed by atoms with Crippen LogP contribution in [0.2, 0.25) is 5.02 Å². The van der Waals surface area contributed by atoms with Crippen LogP contribution in [0.5, 0.6) is 0 Å². The Hall–Kier alpha value is -3.12. The first-order valence-corrected chi connectivity index (χ1v) is 10.8. The fourth-order valence-electron chi connectivity index (χ4n) is 3.88. The van der Waals surface area contributed by atoms with Crippen LogP contribution in [0.15, 0.2) is 60.7 Å². The van der Waals surface area contributed by atoms with Gasteiger partial charge in [0.1, 0.15) is 5.69 Å². The van der Waals surface area contributed by atoms with Gasteiger partial charge in [0.2, 0.25) is 0 Å². The second kappa shape index (κ2) is 9.35. The Bertz CT molecular complexity index is 1080. The third-order valence-electron chi connectivity index (χ3n) is 5.41. The number of carbonyl (C=O) groups excluding carboxylic acids is 2. The van der Waals surface area contributed by atoms with E-state index < -0.39 is 0 Å². The van der Waals surface area contributed by atoms with Crippen molar-refractivity contribution in [2.45, 2.75) is 19.8 Å². The number of hydrogen-bond acceptors (Lipinski definition) is 4. The molecule has 1 unspecified atom stereocenters. The van der Waals surface area contributed by atoms with Crippen LogP contribution >= 0.6 is 11.6 Å². The molecule has 0 bridgehead atoms. The zero-order chi connectivity index (χ0) is 21.8. The van der Waals surface area contributed by atoms with Crippen molar-refractivity contribution in [1.29, 1.82) is 0 Å². The van der Waals surface area contributed by atoms with Gasteiger partial charge in [-0.3, -0.25) is 9.59 Å². The third-order valence-corrected chi connectivity index (χ3v) is 5.74. The first-order chi connectivity index (χ1) is 15.1. The molecule has 2 aromatic carbocycles. The van der Waals surface area contributed by atoms with Crippen molar-refractivity contribution >= 4 is 23.5 Å². The van der Waals surface area contributed by atoms with Crippen molar-refractivity contribution in [2.75, 3.05) is 19.7 Å². The number of carbonyl (C=O) groups is 2. The average Bonchev–Trinajstić information content (AvgIpc) is 3.25. The Labute approximate surface area is 186 Å². The van der Waals surface area contributed by atoms with Crippen molar-refractivity contribution in [3.8, 4) is 16.9 Å². The van der Waals surface area contributed by atoms with Crippen LogP contribution in [0.25, 0.3) is 16.9 Å². The molecule has 0 aliphatic carbocycles. The van der Waals surface area contributed by atoms with Gasteiger partial charge >= 0.3 is 5.97 Å². The lowest BCUT2D eigenvalue weighted by molar-refractivity contribution is -0.149. The first-order valence-electron chi connectivity index (χ1n) is 10.4. The summed E-state index contributed by atoms with van der Waals surface area (Å²) in [7, 11) is 0. The normalized spacial score (nSPS) is 16.2. The molecule has 1 saturated heterocycles. The summed E-state index contributed by atoms with van der Waals surface area (Å²) in [5.74, 6) is -0.703. The minimum Gasteiger partial charge on any atom is -0.466 e. The molecule has 1 amide bonds. The fraction of sp³-hybridized carbons (Fsp3) is 0.292. The number of para-hydroxylation sites is 1. The summed E-state index contributed by atoms with van der Waals surface area (Å²) in [4.78, 5) is 27.5. The van der Waals surface area contributed by atoms with Gasteiger partial charge in [-0.25, -0.2) is 4.68 Å². The van der Waals surface area contributed by atoms with Crippen molar-refractivity contribution in [2.24, 2.45) is 5.92 Å². The third kappa shape index (κ3) is 4.49. The highest BCUT2D eigenvalue weighted by Gasteiger charge is 2.31. The van der Waals surface area contributed by atoms with Gasteiger partial charge < -0.3 is 9.64 Å². The predicted molar refractivity (Wildman–Crippen MR) is 119 cm³/mol. The molecule has 0 saturated carbocycles. The monoisotopic (exact) mass is 437 g/mol. The van der Waals surface area contributed by atoms with Crippen LogP contribution in [0, 0.1) is 5.92 Å². The van der Waals surface area contributed by atoms with Crippen LogP contribution in [0.3, 0.4) is 0 Å². The molecule has 1 fully saturated rings. The van der Waals surface area contributed by atoms with Gasteiger partial charge in [-0.15, -0.1) is 0 Å². The quantitative estimate of drug-likeness (QED) is 0.547. The summed E-state index contributed by atoms with van der Waals surface area (Å²) in [5.41, 5.74) is 2.60. The van der Waals surface area contributed by atoms with E-state index in [0.717, 1.165) is 24.1 Å². The number of amides is 1. The molecule has 6 nitrogen and oxygen atoms in total. The van der Waals surface area contributed by atoms with Crippen LogP contribution in [-0.2, 0) is 9.53 Å². The van der Waals surface area contributed by atoms with E-state index in [1.165, 1.54) is 0 Å². The molecule has 160 valence electrons. The van der Waals surface area contributed by atoms with Gasteiger partial charge in [0.25, 0.3) is 5.91 Å². The molecule has 1 aliphatic rings. The minimum absolute atomic E-state index is 0.163. The van der Waals surface area contributed by atoms with Gasteiger partial charge in [0.15, 0.2) is 0 Å². The van der Waals surface area contributed by atoms with Gasteiger partial charge in [-0.1, -0.05) is 48.0 Å². The Morgan fingerprint density at radius 3 is 2.61 bits per heavy atom. The molecule has 1 aliphatic heterocycles. The second-order valence-corrected chi connectivity index (χ2v) is 7.89. The van der Waals surface area contributed by atoms with Gasteiger partial charge in [-0.2, -0.15) is 5.10 Å². The van der Waals surface area contributed by atoms with Crippen LogP contribution in [0.4, 0.5) is 0 Å². The smallest absolute Gasteiger partial charge is 0.310 e. The number of hydrogen-bond donors (Lipinski definition) is 0. The fourth-order valence-corrected chi connectivity index (χ4v) is 4.11. The summed E-state index contributed by atoms with van der Waals surface area (Å²) in [6.07, 6.45) is 1.48. The molecule has 0 radical (unpaired) electrons. The Morgan fingerprint density at radius 2 is 1.87 bits per heavy atom. The molecule has 4 rings (SSSR count). The molecular weight excluding hydrogens is 414 g/mol. The van der Waals surface area contributed by atoms with Crippen molar-refractivity contribution in [1.82, 2.24) is 14.7 Å². The SMILES string of the molecule is CCOC(=O)C1CCCN(C(=O)c2cc(-c3ccccc3Cl)nn2-c2ccccc2)C1. The highest BCUT2D eigenvalue weighted by atomic mass is 35.5. The Balaban J connectivity index is 1.70. The highest BCUT2D eigenvalue weighted by Crippen LogP contribution is 2.29. The lowest BCUT2D eigenvalue weighted by atomic mass is 9.98. The molecule has 2 heterocycles. The lowest BCUT2D eigenvalue weighted by Crippen LogP contribution is -2.43. The number of likely N-dealkylation sites (tertiary alicyclic amines) is 1. The lowest BCUT2D eigenvalue weighted by Gasteiger charge is -2.31. The first kappa shape index (κ1) is 21.1. The maximum atomic E-state index is 13.5. The van der Waals surface area contributed by atoms with Gasteiger partial charge in [0.05, 0.1) is 28.9 Å². The van der Waals surface area contributed by atoms with Gasteiger partial charge in [0, 0.05) is 18.7 Å². The number of nitrogens with zero attached hydrogens (tertiary/aromatic N) is 3. The number of halogens is 1. The summed E-state index contributed by atoms with van der Waals surface area (Å²) >= 11 is 6.38. The summed E-state index contributed by atoms with van der Waals surface area (Å²) in [5, 5.41) is 5.27. The minimum atomic E-state index is -0.297. The van der Waals surface area contributed by atoms with E-state index in [0.29, 0.717) is 36.1 Å². The van der Waals surface area contributed by atoms with E-state index >= 15 is 0 Å². The van der Waals surface area contributed by atoms with Gasteiger partial charge in [-0.05, 0) is 44.0 Å². The van der Waals surface area contributed by atoms with E-state index in [2.05, 4.69) is 0 Å². The molecule has 0 N–H and O–H groups in total. The number of rotatable bonds is 5. The van der Waals surface area contributed by atoms with Crippen molar-refractivity contribution < 1.29 is 14.3 Å². The highest BCUT2D eigenvalue weighted by molar-refractivity contribution is 6.33. The standard InChI is InChI=1S/C24H24ClN3O3/c1-2-31-24(30)17-9-8-14-27(16-17)23(29)22-15-21(19-12-6-7-13-20(19)25)26-28(22)18-10-4-3-5-11-18/h3-7,10-13,15,17H,2,8-9,14,16H2,1H3. The number of piperidine rings is 1. The number of ether oxygens (including phenoxy) is 1. The zero-order valence-electron chi connectivity index (χ0n) is 17.3. The van der Waals surface area contributed by atoms with E-state index in [-0.39, 0.29) is 17.8 Å². The van der Waals surface area contributed by atoms with E-state index in [4.69, 9.17) is 21.4 Å². The molecule has 1 atom stereocenters. The molecule has 1 aromatic heterocycles. The van der Waals surface area contributed by atoms with Crippen molar-refractivity contribution in [3.05, 3.63) is 71.4 Å². The number of aromatic nitrogens is 2. The topological polar surface area (TPSA) is 64.4 Å². The Kier molecular flexibility index (Phi) is 6.37. The summed E-state index contributed by atoms with van der Waals surface area (Å²) in [6.45, 7) is 3.07. The molecule has 3 aromatic rings. The van der Waals surface area contributed by atoms with Crippen molar-refractivity contribution in [3.63, 3.8) is 0 Å². The second-order valence-electron chi connectivity index (χ2n) is 7.48. The maximum absolute atomic E-state index is 13.5. The summed E-state index contributed by atoms with van der Waals surface area (Å²) < 4.78 is 6.82. The maximum Gasteiger partial charge on any atom is 0.310 e. The molecular formula is C24H24ClN3O3. The van der Waals surface area contributed by atoms with E-state index in [1.54, 1.807) is 28.6 Å². The predicted octanol–water partition coefficient (Wildman–Crippen LogP) is 4.61. The molecule has 0 spiro atoms. The summed E-state index contributed by atoms with van der Waals surface area (Å²) in [6, 6.07) is 18.7. The van der Waals surface area contributed by atoms with Crippen LogP contribution in [-0.4, -0.2) is 46.3 Å². The number of esters is 1. The number of benzene rings is 2.